The van der Waals surface area contributed by atoms with Crippen molar-refractivity contribution in [3.05, 3.63) is 38.8 Å². The predicted molar refractivity (Wildman–Crippen MR) is 90.0 cm³/mol. The van der Waals surface area contributed by atoms with Crippen molar-refractivity contribution < 1.29 is 15.0 Å². The van der Waals surface area contributed by atoms with Gasteiger partial charge in [-0.25, -0.2) is 0 Å². The summed E-state index contributed by atoms with van der Waals surface area (Å²) >= 11 is 1.72. The number of carbonyl (C=O) groups is 1. The molecule has 0 bridgehead atoms. The van der Waals surface area contributed by atoms with Crippen LogP contribution in [-0.4, -0.2) is 44.0 Å². The van der Waals surface area contributed by atoms with E-state index < -0.39 is 6.10 Å². The van der Waals surface area contributed by atoms with Crippen LogP contribution in [0.25, 0.3) is 0 Å². The van der Waals surface area contributed by atoms with Crippen molar-refractivity contribution >= 4 is 17.2 Å². The van der Waals surface area contributed by atoms with Crippen LogP contribution in [0.2, 0.25) is 0 Å². The molecule has 0 radical (unpaired) electrons. The zero-order chi connectivity index (χ0) is 16.7. The van der Waals surface area contributed by atoms with Crippen LogP contribution in [0.5, 0.6) is 0 Å². The summed E-state index contributed by atoms with van der Waals surface area (Å²) in [5.74, 6) is 0.103. The highest BCUT2D eigenvalue weighted by Crippen LogP contribution is 2.31. The van der Waals surface area contributed by atoms with Crippen LogP contribution in [-0.2, 0) is 25.9 Å². The van der Waals surface area contributed by atoms with Gasteiger partial charge in [0.1, 0.15) is 6.10 Å². The fourth-order valence-electron chi connectivity index (χ4n) is 3.56. The zero-order valence-corrected chi connectivity index (χ0v) is 14.3. The second-order valence-electron chi connectivity index (χ2n) is 6.47. The van der Waals surface area contributed by atoms with Gasteiger partial charge in [0.2, 0.25) is 0 Å². The van der Waals surface area contributed by atoms with E-state index in [1.165, 1.54) is 23.3 Å². The van der Waals surface area contributed by atoms with E-state index in [-0.39, 0.29) is 12.5 Å². The van der Waals surface area contributed by atoms with Crippen molar-refractivity contribution in [2.24, 2.45) is 0 Å². The number of aliphatic hydroxyl groups is 2. The molecular weight excluding hydrogens is 326 g/mol. The lowest BCUT2D eigenvalue weighted by Gasteiger charge is -2.28. The van der Waals surface area contributed by atoms with Crippen molar-refractivity contribution in [1.29, 1.82) is 0 Å². The van der Waals surface area contributed by atoms with Crippen molar-refractivity contribution in [2.75, 3.05) is 13.2 Å². The Labute approximate surface area is 144 Å². The second-order valence-corrected chi connectivity index (χ2v) is 7.43. The van der Waals surface area contributed by atoms with E-state index in [2.05, 4.69) is 5.10 Å². The number of amides is 1. The summed E-state index contributed by atoms with van der Waals surface area (Å²) in [6.07, 6.45) is 3.54. The van der Waals surface area contributed by atoms with Gasteiger partial charge in [0.25, 0.3) is 5.91 Å². The number of aromatic nitrogens is 2. The van der Waals surface area contributed by atoms with E-state index in [9.17, 15) is 9.90 Å². The van der Waals surface area contributed by atoms with Gasteiger partial charge in [-0.1, -0.05) is 0 Å². The van der Waals surface area contributed by atoms with Crippen LogP contribution in [0.1, 0.15) is 51.1 Å². The molecule has 6 nitrogen and oxygen atoms in total. The van der Waals surface area contributed by atoms with Crippen LogP contribution >= 0.6 is 11.3 Å². The average molecular weight is 347 g/mol. The van der Waals surface area contributed by atoms with Gasteiger partial charge in [-0.2, -0.15) is 5.10 Å². The fourth-order valence-corrected chi connectivity index (χ4v) is 4.68. The lowest BCUT2D eigenvalue weighted by Crippen LogP contribution is -2.38. The molecule has 0 fully saturated rings. The van der Waals surface area contributed by atoms with Gasteiger partial charge in [0.15, 0.2) is 0 Å². The molecule has 0 aromatic carbocycles. The molecule has 0 saturated heterocycles. The summed E-state index contributed by atoms with van der Waals surface area (Å²) in [5, 5.41) is 25.1. The lowest BCUT2D eigenvalue weighted by atomic mass is 9.95. The van der Waals surface area contributed by atoms with Crippen molar-refractivity contribution in [3.63, 3.8) is 0 Å². The number of aliphatic hydroxyl groups excluding tert-OH is 2. The molecule has 2 aromatic rings. The third kappa shape index (κ3) is 2.66. The average Bonchev–Trinajstić information content (AvgIpc) is 3.23. The van der Waals surface area contributed by atoms with Crippen LogP contribution < -0.4 is 0 Å². The largest absolute Gasteiger partial charge is 0.393 e. The summed E-state index contributed by atoms with van der Waals surface area (Å²) in [6, 6.07) is 1.78. The minimum atomic E-state index is -0.962. The van der Waals surface area contributed by atoms with Crippen LogP contribution in [0.4, 0.5) is 0 Å². The highest BCUT2D eigenvalue weighted by molar-refractivity contribution is 7.10. The molecule has 1 amide bonds. The van der Waals surface area contributed by atoms with Gasteiger partial charge in [-0.3, -0.25) is 9.48 Å². The van der Waals surface area contributed by atoms with E-state index in [1.807, 2.05) is 15.0 Å². The Morgan fingerprint density at radius 2 is 2.17 bits per heavy atom. The number of nitrogens with zero attached hydrogens (tertiary/aromatic N) is 3. The van der Waals surface area contributed by atoms with Gasteiger partial charge in [-0.15, -0.1) is 11.3 Å². The molecule has 2 N–H and O–H groups in total. The molecule has 2 aliphatic rings. The molecule has 0 spiro atoms. The molecule has 128 valence electrons. The van der Waals surface area contributed by atoms with Gasteiger partial charge in [-0.05, 0) is 37.3 Å². The lowest BCUT2D eigenvalue weighted by molar-refractivity contribution is 0.0704. The van der Waals surface area contributed by atoms with Gasteiger partial charge >= 0.3 is 0 Å². The maximum absolute atomic E-state index is 13.0. The molecule has 0 saturated carbocycles. The van der Waals surface area contributed by atoms with Gasteiger partial charge < -0.3 is 15.1 Å². The summed E-state index contributed by atoms with van der Waals surface area (Å²) in [6.45, 7) is 1.38. The van der Waals surface area contributed by atoms with E-state index in [1.54, 1.807) is 17.4 Å². The number of aryl methyl sites for hydroxylation is 1. The first-order valence-corrected chi connectivity index (χ1v) is 9.29. The second kappa shape index (κ2) is 6.31. The molecule has 0 unspecified atom stereocenters. The maximum Gasteiger partial charge on any atom is 0.255 e. The Morgan fingerprint density at radius 3 is 3.00 bits per heavy atom. The summed E-state index contributed by atoms with van der Waals surface area (Å²) in [5.41, 5.74) is 3.50. The molecule has 7 heteroatoms. The summed E-state index contributed by atoms with van der Waals surface area (Å²) in [4.78, 5) is 16.2. The van der Waals surface area contributed by atoms with Crippen molar-refractivity contribution in [1.82, 2.24) is 14.7 Å². The molecule has 1 atom stereocenters. The number of fused-ring (bicyclic) bond motifs is 2. The Bertz CT molecular complexity index is 767. The molecular formula is C17H21N3O3S. The number of thiophene rings is 1. The molecule has 3 heterocycles. The molecule has 1 aliphatic heterocycles. The Balaban J connectivity index is 1.55. The maximum atomic E-state index is 13.0. The smallest absolute Gasteiger partial charge is 0.255 e. The Kier molecular flexibility index (Phi) is 4.15. The molecule has 2 aromatic heterocycles. The van der Waals surface area contributed by atoms with E-state index >= 15 is 0 Å². The van der Waals surface area contributed by atoms with E-state index in [0.29, 0.717) is 25.3 Å². The standard InChI is InChI=1S/C17H21N3O3S/c21-9-15(22)14-7-11-8-19(5-6-20(11)18-14)17(23)13-10-24-16-4-2-1-3-12(13)16/h7,10,15,21-22H,1-6,8-9H2/t15-/m1/s1. The predicted octanol–water partition coefficient (Wildman–Crippen LogP) is 1.51. The van der Waals surface area contributed by atoms with Gasteiger partial charge in [0, 0.05) is 16.8 Å². The van der Waals surface area contributed by atoms with E-state index in [4.69, 9.17) is 5.11 Å². The minimum absolute atomic E-state index is 0.103. The monoisotopic (exact) mass is 347 g/mol. The van der Waals surface area contributed by atoms with E-state index in [0.717, 1.165) is 24.1 Å². The summed E-state index contributed by atoms with van der Waals surface area (Å²) < 4.78 is 1.82. The van der Waals surface area contributed by atoms with Crippen LogP contribution in [0, 0.1) is 0 Å². The first kappa shape index (κ1) is 15.8. The number of rotatable bonds is 3. The Morgan fingerprint density at radius 1 is 1.33 bits per heavy atom. The minimum Gasteiger partial charge on any atom is -0.393 e. The van der Waals surface area contributed by atoms with Crippen molar-refractivity contribution in [3.8, 4) is 0 Å². The SMILES string of the molecule is O=C(c1csc2c1CCCC2)N1CCn2nc([C@H](O)CO)cc2C1. The Hall–Kier alpha value is -1.70. The molecule has 4 rings (SSSR count). The highest BCUT2D eigenvalue weighted by Gasteiger charge is 2.28. The third-order valence-electron chi connectivity index (χ3n) is 4.91. The van der Waals surface area contributed by atoms with Gasteiger partial charge in [0.05, 0.1) is 36.6 Å². The quantitative estimate of drug-likeness (QED) is 0.882. The highest BCUT2D eigenvalue weighted by atomic mass is 32.1. The topological polar surface area (TPSA) is 78.6 Å². The third-order valence-corrected chi connectivity index (χ3v) is 6.00. The number of hydrogen-bond acceptors (Lipinski definition) is 5. The number of hydrogen-bond donors (Lipinski definition) is 2. The first-order valence-electron chi connectivity index (χ1n) is 8.41. The normalized spacial score (nSPS) is 18.2. The number of carbonyl (C=O) groups excluding carboxylic acids is 1. The van der Waals surface area contributed by atoms with Crippen LogP contribution in [0.3, 0.4) is 0 Å². The fraction of sp³-hybridized carbons (Fsp3) is 0.529. The van der Waals surface area contributed by atoms with Crippen molar-refractivity contribution in [2.45, 2.75) is 44.9 Å². The van der Waals surface area contributed by atoms with Crippen LogP contribution in [0.15, 0.2) is 11.4 Å². The molecule has 1 aliphatic carbocycles. The zero-order valence-electron chi connectivity index (χ0n) is 13.4. The first-order chi connectivity index (χ1) is 11.7. The molecule has 24 heavy (non-hydrogen) atoms. The summed E-state index contributed by atoms with van der Waals surface area (Å²) in [7, 11) is 0.